The zero-order chi connectivity index (χ0) is 8.55. The quantitative estimate of drug-likeness (QED) is 0.574. The van der Waals surface area contributed by atoms with Crippen molar-refractivity contribution in [2.75, 3.05) is 5.73 Å². The van der Waals surface area contributed by atoms with E-state index in [2.05, 4.69) is 9.97 Å². The molecule has 2 heterocycles. The highest BCUT2D eigenvalue weighted by atomic mass is 14.8. The fraction of sp³-hybridized carbons (Fsp3) is 0.125. The van der Waals surface area contributed by atoms with Gasteiger partial charge in [0.2, 0.25) is 0 Å². The number of nitrogens with two attached hydrogens (primary N) is 2. The van der Waals surface area contributed by atoms with Gasteiger partial charge in [-0.05, 0) is 6.07 Å². The molecule has 4 heteroatoms. The van der Waals surface area contributed by atoms with Crippen LogP contribution in [0, 0.1) is 0 Å². The fourth-order valence-electron chi connectivity index (χ4n) is 1.21. The predicted molar refractivity (Wildman–Crippen MR) is 48.4 cm³/mol. The second-order valence-electron chi connectivity index (χ2n) is 2.70. The van der Waals surface area contributed by atoms with Crippen LogP contribution in [0.15, 0.2) is 18.3 Å². The predicted octanol–water partition coefficient (Wildman–Crippen LogP) is 0.604. The molecule has 0 aromatic carbocycles. The van der Waals surface area contributed by atoms with Gasteiger partial charge < -0.3 is 16.5 Å². The molecule has 62 valence electrons. The topological polar surface area (TPSA) is 80.7 Å². The summed E-state index contributed by atoms with van der Waals surface area (Å²) in [7, 11) is 0. The van der Waals surface area contributed by atoms with Crippen LogP contribution in [0.25, 0.3) is 10.9 Å². The first-order chi connectivity index (χ1) is 5.79. The van der Waals surface area contributed by atoms with Crippen LogP contribution in [0.2, 0.25) is 0 Å². The molecule has 0 saturated heterocycles. The Labute approximate surface area is 69.6 Å². The number of nitrogens with one attached hydrogen (secondary N) is 1. The lowest BCUT2D eigenvalue weighted by atomic mass is 10.3. The van der Waals surface area contributed by atoms with Crippen LogP contribution < -0.4 is 11.5 Å². The molecule has 0 fully saturated rings. The zero-order valence-corrected chi connectivity index (χ0v) is 6.54. The number of hydrogen-bond donors (Lipinski definition) is 3. The van der Waals surface area contributed by atoms with Crippen LogP contribution in [0.1, 0.15) is 5.69 Å². The van der Waals surface area contributed by atoms with Crippen molar-refractivity contribution in [1.82, 2.24) is 9.97 Å². The Kier molecular flexibility index (Phi) is 1.48. The third kappa shape index (κ3) is 1.02. The average molecular weight is 162 g/mol. The molecular formula is C8H10N4. The van der Waals surface area contributed by atoms with E-state index in [1.807, 2.05) is 6.07 Å². The first kappa shape index (κ1) is 7.12. The van der Waals surface area contributed by atoms with Crippen molar-refractivity contribution >= 4 is 16.7 Å². The molecule has 0 spiro atoms. The molecule has 5 N–H and O–H groups in total. The Morgan fingerprint density at radius 3 is 3.00 bits per heavy atom. The number of nitrogens with zero attached hydrogens (tertiary/aromatic N) is 1. The summed E-state index contributed by atoms with van der Waals surface area (Å²) in [5.41, 5.74) is 13.0. The molecule has 0 amide bonds. The van der Waals surface area contributed by atoms with E-state index in [1.165, 1.54) is 0 Å². The van der Waals surface area contributed by atoms with Crippen LogP contribution in [0.4, 0.5) is 5.82 Å². The smallest absolute Gasteiger partial charge is 0.125 e. The molecule has 0 unspecified atom stereocenters. The maximum absolute atomic E-state index is 5.51. The summed E-state index contributed by atoms with van der Waals surface area (Å²) in [5.74, 6) is 0.521. The molecule has 0 aliphatic heterocycles. The molecule has 0 saturated carbocycles. The molecule has 2 rings (SSSR count). The number of rotatable bonds is 1. The number of nitrogen functional groups attached to an aromatic ring is 1. The van der Waals surface area contributed by atoms with Gasteiger partial charge in [-0.25, -0.2) is 4.98 Å². The molecule has 4 nitrogen and oxygen atoms in total. The number of aromatic amines is 1. The third-order valence-corrected chi connectivity index (χ3v) is 1.80. The lowest BCUT2D eigenvalue weighted by molar-refractivity contribution is 1.02. The maximum Gasteiger partial charge on any atom is 0.125 e. The van der Waals surface area contributed by atoms with E-state index < -0.39 is 0 Å². The lowest BCUT2D eigenvalue weighted by Gasteiger charge is -1.90. The Morgan fingerprint density at radius 2 is 2.25 bits per heavy atom. The van der Waals surface area contributed by atoms with Gasteiger partial charge in [0.25, 0.3) is 0 Å². The summed E-state index contributed by atoms with van der Waals surface area (Å²) in [6, 6.07) is 3.77. The highest BCUT2D eigenvalue weighted by molar-refractivity contribution is 5.81. The van der Waals surface area contributed by atoms with Crippen LogP contribution in [0.3, 0.4) is 0 Å². The molecule has 0 aliphatic carbocycles. The van der Waals surface area contributed by atoms with Crippen molar-refractivity contribution in [1.29, 1.82) is 0 Å². The van der Waals surface area contributed by atoms with E-state index >= 15 is 0 Å². The highest BCUT2D eigenvalue weighted by Gasteiger charge is 1.99. The molecular weight excluding hydrogens is 152 g/mol. The van der Waals surface area contributed by atoms with Crippen molar-refractivity contribution in [2.24, 2.45) is 5.73 Å². The standard InChI is InChI=1S/C8H10N4/c9-3-6-1-5-4-11-8(10)2-7(5)12-6/h1-2,4,12H,3,9H2,(H2,10,11). The molecule has 0 radical (unpaired) electrons. The van der Waals surface area contributed by atoms with Crippen LogP contribution in [-0.4, -0.2) is 9.97 Å². The van der Waals surface area contributed by atoms with E-state index in [4.69, 9.17) is 11.5 Å². The van der Waals surface area contributed by atoms with Gasteiger partial charge in [-0.1, -0.05) is 0 Å². The van der Waals surface area contributed by atoms with Crippen molar-refractivity contribution in [3.8, 4) is 0 Å². The van der Waals surface area contributed by atoms with E-state index in [0.717, 1.165) is 16.6 Å². The summed E-state index contributed by atoms with van der Waals surface area (Å²) in [6.45, 7) is 0.509. The molecule has 0 atom stereocenters. The van der Waals surface area contributed by atoms with Gasteiger partial charge in [0.05, 0.1) is 5.52 Å². The van der Waals surface area contributed by atoms with Gasteiger partial charge >= 0.3 is 0 Å². The van der Waals surface area contributed by atoms with Crippen LogP contribution in [0.5, 0.6) is 0 Å². The Morgan fingerprint density at radius 1 is 1.42 bits per heavy atom. The number of aromatic nitrogens is 2. The number of pyridine rings is 1. The third-order valence-electron chi connectivity index (χ3n) is 1.80. The minimum Gasteiger partial charge on any atom is -0.384 e. The van der Waals surface area contributed by atoms with Gasteiger partial charge in [-0.2, -0.15) is 0 Å². The number of fused-ring (bicyclic) bond motifs is 1. The molecule has 0 aliphatic rings. The van der Waals surface area contributed by atoms with Gasteiger partial charge in [-0.15, -0.1) is 0 Å². The first-order valence-electron chi connectivity index (χ1n) is 3.73. The largest absolute Gasteiger partial charge is 0.384 e. The van der Waals surface area contributed by atoms with Gasteiger partial charge in [0, 0.05) is 29.9 Å². The summed E-state index contributed by atoms with van der Waals surface area (Å²) in [6.07, 6.45) is 1.74. The van der Waals surface area contributed by atoms with E-state index in [-0.39, 0.29) is 0 Å². The second kappa shape index (κ2) is 2.49. The summed E-state index contributed by atoms with van der Waals surface area (Å²) < 4.78 is 0. The minimum absolute atomic E-state index is 0.509. The summed E-state index contributed by atoms with van der Waals surface area (Å²) in [4.78, 5) is 7.11. The van der Waals surface area contributed by atoms with E-state index in [9.17, 15) is 0 Å². The normalized spacial score (nSPS) is 10.8. The first-order valence-corrected chi connectivity index (χ1v) is 3.73. The Balaban J connectivity index is 2.67. The monoisotopic (exact) mass is 162 g/mol. The van der Waals surface area contributed by atoms with Crippen LogP contribution in [-0.2, 0) is 6.54 Å². The Hall–Kier alpha value is -1.55. The van der Waals surface area contributed by atoms with Gasteiger partial charge in [0.15, 0.2) is 0 Å². The lowest BCUT2D eigenvalue weighted by Crippen LogP contribution is -1.95. The summed E-state index contributed by atoms with van der Waals surface area (Å²) in [5, 5.41) is 1.05. The highest BCUT2D eigenvalue weighted by Crippen LogP contribution is 2.15. The molecule has 12 heavy (non-hydrogen) atoms. The number of hydrogen-bond acceptors (Lipinski definition) is 3. The number of anilines is 1. The van der Waals surface area contributed by atoms with Gasteiger partial charge in [-0.3, -0.25) is 0 Å². The molecule has 0 bridgehead atoms. The molecule has 2 aromatic heterocycles. The number of H-pyrrole nitrogens is 1. The minimum atomic E-state index is 0.509. The zero-order valence-electron chi connectivity index (χ0n) is 6.54. The SMILES string of the molecule is NCc1cc2cnc(N)cc2[nH]1. The van der Waals surface area contributed by atoms with Crippen molar-refractivity contribution in [3.05, 3.63) is 24.0 Å². The molecule has 2 aromatic rings. The maximum atomic E-state index is 5.51. The average Bonchev–Trinajstić information content (AvgIpc) is 2.46. The van der Waals surface area contributed by atoms with Gasteiger partial charge in [0.1, 0.15) is 5.82 Å². The van der Waals surface area contributed by atoms with Crippen molar-refractivity contribution in [2.45, 2.75) is 6.54 Å². The van der Waals surface area contributed by atoms with Crippen molar-refractivity contribution in [3.63, 3.8) is 0 Å². The van der Waals surface area contributed by atoms with Crippen LogP contribution >= 0.6 is 0 Å². The summed E-state index contributed by atoms with van der Waals surface area (Å²) >= 11 is 0. The fourth-order valence-corrected chi connectivity index (χ4v) is 1.21. The second-order valence-corrected chi connectivity index (χ2v) is 2.70. The van der Waals surface area contributed by atoms with Crippen molar-refractivity contribution < 1.29 is 0 Å². The Bertz CT molecular complexity index is 404. The van der Waals surface area contributed by atoms with E-state index in [0.29, 0.717) is 12.4 Å². The van der Waals surface area contributed by atoms with E-state index in [1.54, 1.807) is 12.3 Å².